The molecule has 0 unspecified atom stereocenters. The zero-order valence-corrected chi connectivity index (χ0v) is 14.9. The smallest absolute Gasteiger partial charge is 0.0149 e. The van der Waals surface area contributed by atoms with Crippen molar-refractivity contribution in [2.75, 3.05) is 10.7 Å². The van der Waals surface area contributed by atoms with Crippen LogP contribution in [0.25, 0.3) is 0 Å². The molecular weight excluding hydrogens is 352 g/mol. The molecule has 0 nitrogen and oxygen atoms in total. The maximum Gasteiger partial charge on any atom is 0.0149 e. The Labute approximate surface area is 129 Å². The second-order valence-electron chi connectivity index (χ2n) is 5.30. The van der Waals surface area contributed by atoms with Crippen LogP contribution in [-0.2, 0) is 5.41 Å². The van der Waals surface area contributed by atoms with Crippen molar-refractivity contribution in [1.82, 2.24) is 0 Å². The third-order valence-corrected chi connectivity index (χ3v) is 6.16. The summed E-state index contributed by atoms with van der Waals surface area (Å²) in [7, 11) is 0. The lowest BCUT2D eigenvalue weighted by molar-refractivity contribution is 0.355. The van der Waals surface area contributed by atoms with E-state index < -0.39 is 0 Å². The van der Waals surface area contributed by atoms with Crippen LogP contribution < -0.4 is 0 Å². The van der Waals surface area contributed by atoms with Gasteiger partial charge in [-0.1, -0.05) is 88.4 Å². The molecule has 0 aliphatic heterocycles. The summed E-state index contributed by atoms with van der Waals surface area (Å²) in [4.78, 5) is 0. The molecule has 0 fully saturated rings. The van der Waals surface area contributed by atoms with Crippen molar-refractivity contribution in [3.8, 4) is 0 Å². The van der Waals surface area contributed by atoms with E-state index in [0.29, 0.717) is 0 Å². The fourth-order valence-corrected chi connectivity index (χ4v) is 4.49. The Kier molecular flexibility index (Phi) is 6.94. The molecule has 2 heteroatoms. The average molecular weight is 376 g/mol. The minimum Gasteiger partial charge on any atom is -0.0918 e. The molecule has 0 atom stereocenters. The van der Waals surface area contributed by atoms with Crippen LogP contribution in [0.3, 0.4) is 0 Å². The molecule has 0 spiro atoms. The number of rotatable bonds is 7. The van der Waals surface area contributed by atoms with Gasteiger partial charge in [-0.15, -0.1) is 0 Å². The molecule has 1 aromatic carbocycles. The molecule has 0 radical (unpaired) electrons. The largest absolute Gasteiger partial charge is 0.0918 e. The van der Waals surface area contributed by atoms with Crippen LogP contribution in [0.1, 0.15) is 44.2 Å². The zero-order chi connectivity index (χ0) is 13.6. The van der Waals surface area contributed by atoms with Gasteiger partial charge in [0.15, 0.2) is 0 Å². The Balaban J connectivity index is 3.02. The van der Waals surface area contributed by atoms with Crippen LogP contribution in [0.15, 0.2) is 24.3 Å². The second-order valence-corrected chi connectivity index (χ2v) is 6.42. The van der Waals surface area contributed by atoms with Gasteiger partial charge in [0.2, 0.25) is 0 Å². The van der Waals surface area contributed by atoms with Gasteiger partial charge in [-0.25, -0.2) is 0 Å². The van der Waals surface area contributed by atoms with Gasteiger partial charge in [0.05, 0.1) is 0 Å². The highest BCUT2D eigenvalue weighted by atomic mass is 79.9. The third-order valence-electron chi connectivity index (χ3n) is 4.01. The van der Waals surface area contributed by atoms with Gasteiger partial charge in [-0.2, -0.15) is 0 Å². The van der Waals surface area contributed by atoms with Crippen molar-refractivity contribution >= 4 is 31.9 Å². The van der Waals surface area contributed by atoms with Crippen molar-refractivity contribution in [2.45, 2.75) is 45.4 Å². The van der Waals surface area contributed by atoms with E-state index in [1.165, 1.54) is 30.4 Å². The predicted molar refractivity (Wildman–Crippen MR) is 89.1 cm³/mol. The first-order valence-electron chi connectivity index (χ1n) is 6.81. The number of halogens is 2. The molecule has 1 aromatic rings. The van der Waals surface area contributed by atoms with E-state index in [9.17, 15) is 0 Å². The quantitative estimate of drug-likeness (QED) is 0.524. The molecule has 0 amide bonds. The van der Waals surface area contributed by atoms with Gasteiger partial charge in [0.25, 0.3) is 0 Å². The first kappa shape index (κ1) is 16.2. The Morgan fingerprint density at radius 2 is 1.50 bits per heavy atom. The van der Waals surface area contributed by atoms with Crippen LogP contribution in [0.4, 0.5) is 0 Å². The molecule has 102 valence electrons. The number of hydrogen-bond acceptors (Lipinski definition) is 0. The molecule has 0 bridgehead atoms. The summed E-state index contributed by atoms with van der Waals surface area (Å²) in [6.07, 6.45) is 3.79. The minimum atomic E-state index is 0.227. The molecule has 0 aliphatic rings. The summed E-state index contributed by atoms with van der Waals surface area (Å²) >= 11 is 7.49. The molecule has 0 aliphatic carbocycles. The fourth-order valence-electron chi connectivity index (χ4n) is 2.45. The SMILES string of the molecule is CCC(CC)CC(CBr)(CBr)c1ccc(C)cc1. The summed E-state index contributed by atoms with van der Waals surface area (Å²) < 4.78 is 0. The molecule has 18 heavy (non-hydrogen) atoms. The highest BCUT2D eigenvalue weighted by Gasteiger charge is 2.32. The number of benzene rings is 1. The lowest BCUT2D eigenvalue weighted by Gasteiger charge is -2.34. The monoisotopic (exact) mass is 374 g/mol. The van der Waals surface area contributed by atoms with Crippen molar-refractivity contribution < 1.29 is 0 Å². The lowest BCUT2D eigenvalue weighted by atomic mass is 9.75. The predicted octanol–water partition coefficient (Wildman–Crippen LogP) is 5.85. The Hall–Kier alpha value is 0.180. The van der Waals surface area contributed by atoms with E-state index in [4.69, 9.17) is 0 Å². The minimum absolute atomic E-state index is 0.227. The maximum absolute atomic E-state index is 3.75. The topological polar surface area (TPSA) is 0 Å². The van der Waals surface area contributed by atoms with Crippen LogP contribution in [0.2, 0.25) is 0 Å². The van der Waals surface area contributed by atoms with E-state index in [1.807, 2.05) is 0 Å². The summed E-state index contributed by atoms with van der Waals surface area (Å²) in [6.45, 7) is 6.75. The number of hydrogen-bond donors (Lipinski definition) is 0. The highest BCUT2D eigenvalue weighted by molar-refractivity contribution is 9.09. The zero-order valence-electron chi connectivity index (χ0n) is 11.7. The summed E-state index contributed by atoms with van der Waals surface area (Å²) in [5, 5.41) is 2.04. The van der Waals surface area contributed by atoms with Gasteiger partial charge >= 0.3 is 0 Å². The summed E-state index contributed by atoms with van der Waals surface area (Å²) in [5.74, 6) is 0.807. The van der Waals surface area contributed by atoms with Crippen molar-refractivity contribution in [2.24, 2.45) is 5.92 Å². The molecule has 0 saturated heterocycles. The lowest BCUT2D eigenvalue weighted by Crippen LogP contribution is -2.32. The van der Waals surface area contributed by atoms with Crippen LogP contribution >= 0.6 is 31.9 Å². The average Bonchev–Trinajstić information content (AvgIpc) is 2.42. The van der Waals surface area contributed by atoms with E-state index in [2.05, 4.69) is 76.9 Å². The van der Waals surface area contributed by atoms with Crippen molar-refractivity contribution in [3.05, 3.63) is 35.4 Å². The summed E-state index contributed by atoms with van der Waals surface area (Å²) in [5.41, 5.74) is 3.01. The standard InChI is InChI=1S/C16H24Br2/c1-4-14(5-2)10-16(11-17,12-18)15-8-6-13(3)7-9-15/h6-9,14H,4-5,10-12H2,1-3H3. The van der Waals surface area contributed by atoms with Gasteiger partial charge in [-0.05, 0) is 24.8 Å². The highest BCUT2D eigenvalue weighted by Crippen LogP contribution is 2.37. The van der Waals surface area contributed by atoms with Crippen LogP contribution in [0.5, 0.6) is 0 Å². The van der Waals surface area contributed by atoms with E-state index in [0.717, 1.165) is 16.6 Å². The Bertz CT molecular complexity index is 335. The Morgan fingerprint density at radius 3 is 1.89 bits per heavy atom. The maximum atomic E-state index is 3.75. The van der Waals surface area contributed by atoms with Crippen LogP contribution in [0, 0.1) is 12.8 Å². The fraction of sp³-hybridized carbons (Fsp3) is 0.625. The molecule has 1 rings (SSSR count). The summed E-state index contributed by atoms with van der Waals surface area (Å²) in [6, 6.07) is 9.03. The van der Waals surface area contributed by atoms with E-state index in [1.54, 1.807) is 0 Å². The second kappa shape index (κ2) is 7.69. The molecule has 0 aromatic heterocycles. The van der Waals surface area contributed by atoms with Crippen LogP contribution in [-0.4, -0.2) is 10.7 Å². The number of alkyl halides is 2. The van der Waals surface area contributed by atoms with Gasteiger partial charge in [-0.3, -0.25) is 0 Å². The molecule has 0 N–H and O–H groups in total. The molecular formula is C16H24Br2. The molecule has 0 heterocycles. The number of aryl methyl sites for hydroxylation is 1. The molecule has 0 saturated carbocycles. The normalized spacial score (nSPS) is 12.1. The van der Waals surface area contributed by atoms with Crippen molar-refractivity contribution in [3.63, 3.8) is 0 Å². The van der Waals surface area contributed by atoms with Crippen molar-refractivity contribution in [1.29, 1.82) is 0 Å². The Morgan fingerprint density at radius 1 is 1.00 bits per heavy atom. The van der Waals surface area contributed by atoms with E-state index >= 15 is 0 Å². The van der Waals surface area contributed by atoms with Gasteiger partial charge in [0, 0.05) is 16.1 Å². The first-order valence-corrected chi connectivity index (χ1v) is 9.05. The van der Waals surface area contributed by atoms with Gasteiger partial charge in [0.1, 0.15) is 0 Å². The van der Waals surface area contributed by atoms with E-state index in [-0.39, 0.29) is 5.41 Å². The third kappa shape index (κ3) is 3.84. The van der Waals surface area contributed by atoms with Gasteiger partial charge < -0.3 is 0 Å². The first-order chi connectivity index (χ1) is 8.61.